The van der Waals surface area contributed by atoms with Crippen LogP contribution in [0.1, 0.15) is 49.9 Å². The van der Waals surface area contributed by atoms with Crippen molar-refractivity contribution in [3.05, 3.63) is 34.3 Å². The Bertz CT molecular complexity index is 440. The zero-order chi connectivity index (χ0) is 15.0. The van der Waals surface area contributed by atoms with Gasteiger partial charge in [0.1, 0.15) is 0 Å². The molecule has 0 aliphatic rings. The summed E-state index contributed by atoms with van der Waals surface area (Å²) in [7, 11) is 0. The molecule has 0 aliphatic heterocycles. The van der Waals surface area contributed by atoms with E-state index in [1.165, 1.54) is 0 Å². The number of benzene rings is 1. The van der Waals surface area contributed by atoms with Gasteiger partial charge in [0, 0.05) is 10.0 Å². The maximum absolute atomic E-state index is 11.9. The molecule has 0 saturated carbocycles. The van der Waals surface area contributed by atoms with E-state index >= 15 is 0 Å². The number of ketones is 1. The minimum absolute atomic E-state index is 0.140. The van der Waals surface area contributed by atoms with Crippen molar-refractivity contribution in [2.75, 3.05) is 6.61 Å². The molecular formula is C16H21BrO3. The second-order valence-corrected chi connectivity index (χ2v) is 5.85. The second kappa shape index (κ2) is 8.90. The quantitative estimate of drug-likeness (QED) is 0.400. The highest BCUT2D eigenvalue weighted by Gasteiger charge is 2.16. The van der Waals surface area contributed by atoms with Gasteiger partial charge < -0.3 is 4.74 Å². The van der Waals surface area contributed by atoms with Crippen LogP contribution in [0.25, 0.3) is 0 Å². The molecule has 4 heteroatoms. The lowest BCUT2D eigenvalue weighted by molar-refractivity contribution is -0.147. The Morgan fingerprint density at radius 2 is 1.85 bits per heavy atom. The standard InChI is InChI=1S/C16H21BrO3/c1-3-4-5-6-12(2)16(19)20-11-15(18)13-7-9-14(17)10-8-13/h7-10,12H,3-6,11H2,1-2H3. The monoisotopic (exact) mass is 340 g/mol. The Hall–Kier alpha value is -1.16. The van der Waals surface area contributed by atoms with Crippen LogP contribution < -0.4 is 0 Å². The van der Waals surface area contributed by atoms with Gasteiger partial charge in [-0.2, -0.15) is 0 Å². The SMILES string of the molecule is CCCCCC(C)C(=O)OCC(=O)c1ccc(Br)cc1. The molecule has 1 atom stereocenters. The number of hydrogen-bond acceptors (Lipinski definition) is 3. The van der Waals surface area contributed by atoms with Crippen molar-refractivity contribution < 1.29 is 14.3 Å². The molecule has 110 valence electrons. The fourth-order valence-corrected chi connectivity index (χ4v) is 2.08. The molecule has 3 nitrogen and oxygen atoms in total. The maximum Gasteiger partial charge on any atom is 0.309 e. The van der Waals surface area contributed by atoms with Crippen LogP contribution in [0.4, 0.5) is 0 Å². The van der Waals surface area contributed by atoms with Crippen LogP contribution in [0.5, 0.6) is 0 Å². The van der Waals surface area contributed by atoms with Crippen LogP contribution in [-0.2, 0) is 9.53 Å². The van der Waals surface area contributed by atoms with Crippen molar-refractivity contribution in [1.82, 2.24) is 0 Å². The van der Waals surface area contributed by atoms with E-state index in [1.54, 1.807) is 24.3 Å². The van der Waals surface area contributed by atoms with Gasteiger partial charge in [0.15, 0.2) is 12.4 Å². The molecule has 0 amide bonds. The van der Waals surface area contributed by atoms with E-state index in [9.17, 15) is 9.59 Å². The summed E-state index contributed by atoms with van der Waals surface area (Å²) in [5.41, 5.74) is 0.555. The molecule has 20 heavy (non-hydrogen) atoms. The topological polar surface area (TPSA) is 43.4 Å². The molecule has 1 rings (SSSR count). The zero-order valence-electron chi connectivity index (χ0n) is 12.0. The number of esters is 1. The van der Waals surface area contributed by atoms with Gasteiger partial charge in [0.2, 0.25) is 0 Å². The molecular weight excluding hydrogens is 320 g/mol. The lowest BCUT2D eigenvalue weighted by Gasteiger charge is -2.10. The Kier molecular flexibility index (Phi) is 7.52. The van der Waals surface area contributed by atoms with Crippen LogP contribution in [-0.4, -0.2) is 18.4 Å². The van der Waals surface area contributed by atoms with Gasteiger partial charge in [-0.25, -0.2) is 0 Å². The number of halogens is 1. The lowest BCUT2D eigenvalue weighted by atomic mass is 10.0. The number of ether oxygens (including phenoxy) is 1. The van der Waals surface area contributed by atoms with Crippen molar-refractivity contribution in [2.24, 2.45) is 5.92 Å². The van der Waals surface area contributed by atoms with Gasteiger partial charge in [-0.15, -0.1) is 0 Å². The summed E-state index contributed by atoms with van der Waals surface area (Å²) in [5, 5.41) is 0. The van der Waals surface area contributed by atoms with Crippen molar-refractivity contribution in [3.8, 4) is 0 Å². The molecule has 0 saturated heterocycles. The average molecular weight is 341 g/mol. The highest BCUT2D eigenvalue weighted by atomic mass is 79.9. The van der Waals surface area contributed by atoms with E-state index in [2.05, 4.69) is 22.9 Å². The van der Waals surface area contributed by atoms with E-state index < -0.39 is 0 Å². The van der Waals surface area contributed by atoms with Crippen molar-refractivity contribution in [1.29, 1.82) is 0 Å². The molecule has 1 aromatic carbocycles. The first-order chi connectivity index (χ1) is 9.54. The summed E-state index contributed by atoms with van der Waals surface area (Å²) in [6, 6.07) is 7.01. The summed E-state index contributed by atoms with van der Waals surface area (Å²) < 4.78 is 5.99. The van der Waals surface area contributed by atoms with Gasteiger partial charge in [-0.05, 0) is 18.6 Å². The minimum Gasteiger partial charge on any atom is -0.457 e. The van der Waals surface area contributed by atoms with Crippen LogP contribution in [0.2, 0.25) is 0 Å². The Labute approximate surface area is 128 Å². The van der Waals surface area contributed by atoms with E-state index in [0.717, 1.165) is 30.2 Å². The zero-order valence-corrected chi connectivity index (χ0v) is 13.6. The second-order valence-electron chi connectivity index (χ2n) is 4.93. The molecule has 0 bridgehead atoms. The van der Waals surface area contributed by atoms with Gasteiger partial charge in [-0.3, -0.25) is 9.59 Å². The Morgan fingerprint density at radius 3 is 2.45 bits per heavy atom. The first-order valence-electron chi connectivity index (χ1n) is 7.00. The van der Waals surface area contributed by atoms with E-state index in [0.29, 0.717) is 5.56 Å². The molecule has 0 radical (unpaired) electrons. The van der Waals surface area contributed by atoms with Crippen LogP contribution in [0.15, 0.2) is 28.7 Å². The van der Waals surface area contributed by atoms with Gasteiger partial charge in [0.25, 0.3) is 0 Å². The number of Topliss-reactive ketones (excluding diaryl/α,β-unsaturated/α-hetero) is 1. The summed E-state index contributed by atoms with van der Waals surface area (Å²) in [6.07, 6.45) is 4.09. The van der Waals surface area contributed by atoms with Gasteiger partial charge in [-0.1, -0.05) is 61.2 Å². The summed E-state index contributed by atoms with van der Waals surface area (Å²) >= 11 is 3.31. The lowest BCUT2D eigenvalue weighted by Crippen LogP contribution is -2.19. The molecule has 0 spiro atoms. The number of carbonyl (C=O) groups is 2. The highest BCUT2D eigenvalue weighted by molar-refractivity contribution is 9.10. The van der Waals surface area contributed by atoms with Crippen LogP contribution in [0.3, 0.4) is 0 Å². The van der Waals surface area contributed by atoms with Crippen molar-refractivity contribution in [3.63, 3.8) is 0 Å². The third kappa shape index (κ3) is 5.87. The summed E-state index contributed by atoms with van der Waals surface area (Å²) in [4.78, 5) is 23.6. The average Bonchev–Trinajstić information content (AvgIpc) is 2.45. The first-order valence-corrected chi connectivity index (χ1v) is 7.79. The predicted octanol–water partition coefficient (Wildman–Crippen LogP) is 4.39. The maximum atomic E-state index is 11.9. The number of rotatable bonds is 8. The number of carbonyl (C=O) groups excluding carboxylic acids is 2. The van der Waals surface area contributed by atoms with Gasteiger partial charge in [0.05, 0.1) is 5.92 Å². The molecule has 0 fully saturated rings. The number of hydrogen-bond donors (Lipinski definition) is 0. The largest absolute Gasteiger partial charge is 0.457 e. The fourth-order valence-electron chi connectivity index (χ4n) is 1.82. The third-order valence-corrected chi connectivity index (χ3v) is 3.68. The van der Waals surface area contributed by atoms with E-state index in [4.69, 9.17) is 4.74 Å². The summed E-state index contributed by atoms with van der Waals surface area (Å²) in [5.74, 6) is -0.600. The Morgan fingerprint density at radius 1 is 1.20 bits per heavy atom. The first kappa shape index (κ1) is 16.9. The third-order valence-electron chi connectivity index (χ3n) is 3.15. The molecule has 0 N–H and O–H groups in total. The van der Waals surface area contributed by atoms with Crippen molar-refractivity contribution in [2.45, 2.75) is 39.5 Å². The molecule has 0 aliphatic carbocycles. The van der Waals surface area contributed by atoms with Crippen LogP contribution >= 0.6 is 15.9 Å². The fraction of sp³-hybridized carbons (Fsp3) is 0.500. The normalized spacial score (nSPS) is 11.9. The van der Waals surface area contributed by atoms with Crippen molar-refractivity contribution >= 4 is 27.7 Å². The smallest absolute Gasteiger partial charge is 0.309 e. The summed E-state index contributed by atoms with van der Waals surface area (Å²) in [6.45, 7) is 3.79. The molecule has 1 aromatic rings. The van der Waals surface area contributed by atoms with E-state index in [-0.39, 0.29) is 24.3 Å². The highest BCUT2D eigenvalue weighted by Crippen LogP contribution is 2.13. The predicted molar refractivity (Wildman–Crippen MR) is 82.7 cm³/mol. The Balaban J connectivity index is 2.36. The minimum atomic E-state index is -0.286. The molecule has 1 unspecified atom stereocenters. The number of unbranched alkanes of at least 4 members (excludes halogenated alkanes) is 2. The van der Waals surface area contributed by atoms with Gasteiger partial charge >= 0.3 is 5.97 Å². The molecule has 0 heterocycles. The van der Waals surface area contributed by atoms with Crippen LogP contribution in [0, 0.1) is 5.92 Å². The van der Waals surface area contributed by atoms with E-state index in [1.807, 2.05) is 6.92 Å². The molecule has 0 aromatic heterocycles.